The molecule has 1 aliphatic heterocycles. The summed E-state index contributed by atoms with van der Waals surface area (Å²) in [5.74, 6) is 0. The maximum absolute atomic E-state index is 12.8. The third-order valence-electron chi connectivity index (χ3n) is 5.60. The lowest BCUT2D eigenvalue weighted by Crippen LogP contribution is -2.52. The fraction of sp³-hybridized carbons (Fsp3) is 0.364. The second kappa shape index (κ2) is 7.71. The standard InChI is InChI=1S/C22H24N4O/c23-16-18-7-2-4-11-21(18)25-12-14-26(15-13-25)22(27)24-20-10-5-8-17-6-1-3-9-19(17)20/h1-4,6-7,9,11,20H,5,8,10,12-15H2,(H,24,27)/t20-/m0/s1. The molecule has 4 rings (SSSR count). The van der Waals surface area contributed by atoms with E-state index in [4.69, 9.17) is 0 Å². The predicted octanol–water partition coefficient (Wildman–Crippen LogP) is 3.47. The van der Waals surface area contributed by atoms with Crippen LogP contribution in [0, 0.1) is 11.3 Å². The zero-order valence-corrected chi connectivity index (χ0v) is 15.4. The lowest BCUT2D eigenvalue weighted by Gasteiger charge is -2.37. The summed E-state index contributed by atoms with van der Waals surface area (Å²) in [5.41, 5.74) is 4.26. The lowest BCUT2D eigenvalue weighted by atomic mass is 9.88. The second-order valence-electron chi connectivity index (χ2n) is 7.20. The SMILES string of the molecule is N#Cc1ccccc1N1CCN(C(=O)N[C@H]2CCCc3ccccc32)CC1. The molecule has 0 unspecified atom stereocenters. The molecule has 0 bridgehead atoms. The van der Waals surface area contributed by atoms with Gasteiger partial charge in [-0.25, -0.2) is 4.79 Å². The molecule has 5 heteroatoms. The number of nitrogens with one attached hydrogen (secondary N) is 1. The summed E-state index contributed by atoms with van der Waals surface area (Å²) in [6.45, 7) is 2.82. The summed E-state index contributed by atoms with van der Waals surface area (Å²) in [5, 5.41) is 12.5. The first-order chi connectivity index (χ1) is 13.3. The highest BCUT2D eigenvalue weighted by atomic mass is 16.2. The van der Waals surface area contributed by atoms with Gasteiger partial charge in [0.15, 0.2) is 0 Å². The molecule has 1 N–H and O–H groups in total. The average Bonchev–Trinajstić information content (AvgIpc) is 2.74. The molecule has 1 heterocycles. The van der Waals surface area contributed by atoms with Crippen molar-refractivity contribution < 1.29 is 4.79 Å². The van der Waals surface area contributed by atoms with E-state index < -0.39 is 0 Å². The topological polar surface area (TPSA) is 59.4 Å². The van der Waals surface area contributed by atoms with Crippen LogP contribution in [0.5, 0.6) is 0 Å². The first-order valence-electron chi connectivity index (χ1n) is 9.63. The molecule has 2 aromatic rings. The number of para-hydroxylation sites is 1. The summed E-state index contributed by atoms with van der Waals surface area (Å²) in [7, 11) is 0. The van der Waals surface area contributed by atoms with E-state index in [1.54, 1.807) is 0 Å². The van der Waals surface area contributed by atoms with Crippen molar-refractivity contribution in [2.45, 2.75) is 25.3 Å². The molecule has 0 saturated carbocycles. The number of aryl methyl sites for hydroxylation is 1. The van der Waals surface area contributed by atoms with Gasteiger partial charge in [-0.15, -0.1) is 0 Å². The van der Waals surface area contributed by atoms with Crippen LogP contribution in [0.15, 0.2) is 48.5 Å². The maximum atomic E-state index is 12.8. The summed E-state index contributed by atoms with van der Waals surface area (Å²) < 4.78 is 0. The molecule has 1 fully saturated rings. The summed E-state index contributed by atoms with van der Waals surface area (Å²) in [4.78, 5) is 16.9. The number of hydrogen-bond acceptors (Lipinski definition) is 3. The molecule has 1 saturated heterocycles. The summed E-state index contributed by atoms with van der Waals surface area (Å²) in [6.07, 6.45) is 3.21. The van der Waals surface area contributed by atoms with Crippen LogP contribution in [-0.2, 0) is 6.42 Å². The minimum atomic E-state index is 0.0184. The van der Waals surface area contributed by atoms with Crippen LogP contribution < -0.4 is 10.2 Å². The monoisotopic (exact) mass is 360 g/mol. The van der Waals surface area contributed by atoms with Crippen molar-refractivity contribution in [1.29, 1.82) is 5.26 Å². The third kappa shape index (κ3) is 3.61. The minimum absolute atomic E-state index is 0.0184. The highest BCUT2D eigenvalue weighted by Crippen LogP contribution is 2.29. The van der Waals surface area contributed by atoms with Crippen molar-refractivity contribution >= 4 is 11.7 Å². The highest BCUT2D eigenvalue weighted by molar-refractivity contribution is 5.75. The van der Waals surface area contributed by atoms with Crippen LogP contribution in [0.2, 0.25) is 0 Å². The highest BCUT2D eigenvalue weighted by Gasteiger charge is 2.26. The van der Waals surface area contributed by atoms with E-state index in [1.807, 2.05) is 29.2 Å². The Bertz CT molecular complexity index is 865. The Hall–Kier alpha value is -3.00. The number of piperazine rings is 1. The number of carbonyl (C=O) groups is 1. The van der Waals surface area contributed by atoms with Gasteiger partial charge in [0.05, 0.1) is 17.3 Å². The van der Waals surface area contributed by atoms with Gasteiger partial charge in [0, 0.05) is 26.2 Å². The van der Waals surface area contributed by atoms with E-state index in [0.717, 1.165) is 38.0 Å². The van der Waals surface area contributed by atoms with Crippen LogP contribution in [0.1, 0.15) is 35.6 Å². The van der Waals surface area contributed by atoms with Crippen molar-refractivity contribution in [1.82, 2.24) is 10.2 Å². The number of nitriles is 1. The molecule has 0 radical (unpaired) electrons. The Morgan fingerprint density at radius 2 is 1.78 bits per heavy atom. The second-order valence-corrected chi connectivity index (χ2v) is 7.20. The molecule has 27 heavy (non-hydrogen) atoms. The number of hydrogen-bond donors (Lipinski definition) is 1. The Morgan fingerprint density at radius 1 is 1.04 bits per heavy atom. The quantitative estimate of drug-likeness (QED) is 0.892. The number of amides is 2. The number of benzene rings is 2. The fourth-order valence-electron chi connectivity index (χ4n) is 4.14. The number of fused-ring (bicyclic) bond motifs is 1. The van der Waals surface area contributed by atoms with Gasteiger partial charge in [0.25, 0.3) is 0 Å². The molecule has 1 aliphatic carbocycles. The molecule has 5 nitrogen and oxygen atoms in total. The number of urea groups is 1. The van der Waals surface area contributed by atoms with Crippen molar-refractivity contribution in [3.8, 4) is 6.07 Å². The molecule has 2 aliphatic rings. The fourth-order valence-corrected chi connectivity index (χ4v) is 4.14. The molecule has 2 amide bonds. The van der Waals surface area contributed by atoms with Crippen LogP contribution >= 0.6 is 0 Å². The molecular weight excluding hydrogens is 336 g/mol. The number of anilines is 1. The molecule has 138 valence electrons. The van der Waals surface area contributed by atoms with E-state index in [2.05, 4.69) is 40.6 Å². The summed E-state index contributed by atoms with van der Waals surface area (Å²) in [6, 6.07) is 18.5. The van der Waals surface area contributed by atoms with E-state index in [1.165, 1.54) is 11.1 Å². The van der Waals surface area contributed by atoms with E-state index >= 15 is 0 Å². The van der Waals surface area contributed by atoms with Crippen molar-refractivity contribution in [3.63, 3.8) is 0 Å². The van der Waals surface area contributed by atoms with Gasteiger partial charge >= 0.3 is 6.03 Å². The van der Waals surface area contributed by atoms with Gasteiger partial charge < -0.3 is 15.1 Å². The molecule has 1 atom stereocenters. The predicted molar refractivity (Wildman–Crippen MR) is 106 cm³/mol. The number of carbonyl (C=O) groups excluding carboxylic acids is 1. The van der Waals surface area contributed by atoms with Crippen molar-refractivity contribution in [2.75, 3.05) is 31.1 Å². The van der Waals surface area contributed by atoms with E-state index in [-0.39, 0.29) is 12.1 Å². The van der Waals surface area contributed by atoms with Gasteiger partial charge in [0.2, 0.25) is 0 Å². The molecule has 0 spiro atoms. The Labute approximate surface area is 160 Å². The Kier molecular flexibility index (Phi) is 4.97. The van der Waals surface area contributed by atoms with Crippen LogP contribution in [0.25, 0.3) is 0 Å². The van der Waals surface area contributed by atoms with E-state index in [9.17, 15) is 10.1 Å². The molecule has 0 aromatic heterocycles. The zero-order chi connectivity index (χ0) is 18.6. The maximum Gasteiger partial charge on any atom is 0.318 e. The van der Waals surface area contributed by atoms with Crippen LogP contribution in [-0.4, -0.2) is 37.1 Å². The third-order valence-corrected chi connectivity index (χ3v) is 5.60. The minimum Gasteiger partial charge on any atom is -0.367 e. The molecule has 2 aromatic carbocycles. The van der Waals surface area contributed by atoms with Crippen molar-refractivity contribution in [2.24, 2.45) is 0 Å². The Morgan fingerprint density at radius 3 is 2.59 bits per heavy atom. The summed E-state index contributed by atoms with van der Waals surface area (Å²) >= 11 is 0. The average molecular weight is 360 g/mol. The smallest absolute Gasteiger partial charge is 0.318 e. The molecular formula is C22H24N4O. The number of nitrogens with zero attached hydrogens (tertiary/aromatic N) is 3. The van der Waals surface area contributed by atoms with Gasteiger partial charge in [-0.3, -0.25) is 0 Å². The van der Waals surface area contributed by atoms with Crippen molar-refractivity contribution in [3.05, 3.63) is 65.2 Å². The normalized spacial score (nSPS) is 19.1. The van der Waals surface area contributed by atoms with Gasteiger partial charge in [0.1, 0.15) is 6.07 Å². The first-order valence-corrected chi connectivity index (χ1v) is 9.63. The largest absolute Gasteiger partial charge is 0.367 e. The first kappa shape index (κ1) is 17.4. The zero-order valence-electron chi connectivity index (χ0n) is 15.4. The number of rotatable bonds is 2. The lowest BCUT2D eigenvalue weighted by molar-refractivity contribution is 0.189. The Balaban J connectivity index is 1.38. The van der Waals surface area contributed by atoms with Crippen LogP contribution in [0.4, 0.5) is 10.5 Å². The van der Waals surface area contributed by atoms with Gasteiger partial charge in [-0.05, 0) is 42.5 Å². The van der Waals surface area contributed by atoms with Gasteiger partial charge in [-0.2, -0.15) is 5.26 Å². The van der Waals surface area contributed by atoms with Gasteiger partial charge in [-0.1, -0.05) is 36.4 Å². The van der Waals surface area contributed by atoms with E-state index in [0.29, 0.717) is 18.7 Å². The van der Waals surface area contributed by atoms with Crippen LogP contribution in [0.3, 0.4) is 0 Å².